The molecule has 0 N–H and O–H groups in total. The molecule has 7 nitrogen and oxygen atoms in total. The fourth-order valence-electron chi connectivity index (χ4n) is 3.21. The van der Waals surface area contributed by atoms with Gasteiger partial charge >= 0.3 is 0 Å². The van der Waals surface area contributed by atoms with Gasteiger partial charge in [-0.2, -0.15) is 0 Å². The molecule has 27 heavy (non-hydrogen) atoms. The molecule has 0 radical (unpaired) electrons. The smallest absolute Gasteiger partial charge is 0.272 e. The SMILES string of the molecule is COc1ccc(Cl)cc1CN(C)Cc1nnc2n(C)c(=O)c3sccc3n12. The highest BCUT2D eigenvalue weighted by atomic mass is 35.5. The van der Waals surface area contributed by atoms with E-state index in [1.807, 2.05) is 41.1 Å². The van der Waals surface area contributed by atoms with E-state index in [2.05, 4.69) is 15.1 Å². The van der Waals surface area contributed by atoms with Gasteiger partial charge in [-0.25, -0.2) is 0 Å². The third-order valence-corrected chi connectivity index (χ3v) is 5.62. The van der Waals surface area contributed by atoms with Crippen molar-refractivity contribution in [2.24, 2.45) is 7.05 Å². The highest BCUT2D eigenvalue weighted by molar-refractivity contribution is 7.17. The van der Waals surface area contributed by atoms with Gasteiger partial charge in [0.1, 0.15) is 10.4 Å². The minimum absolute atomic E-state index is 0.0523. The second-order valence-corrected chi connectivity index (χ2v) is 7.73. The van der Waals surface area contributed by atoms with Crippen molar-refractivity contribution in [1.82, 2.24) is 24.1 Å². The molecule has 0 saturated heterocycles. The summed E-state index contributed by atoms with van der Waals surface area (Å²) < 4.78 is 9.61. The van der Waals surface area contributed by atoms with Crippen LogP contribution in [-0.4, -0.2) is 38.2 Å². The molecule has 1 aromatic carbocycles. The lowest BCUT2D eigenvalue weighted by atomic mass is 10.2. The molecule has 0 aliphatic carbocycles. The fraction of sp³-hybridized carbons (Fsp3) is 0.278. The molecule has 3 aromatic heterocycles. The first kappa shape index (κ1) is 18.0. The third-order valence-electron chi connectivity index (χ3n) is 4.49. The van der Waals surface area contributed by atoms with Crippen molar-refractivity contribution in [3.8, 4) is 5.75 Å². The highest BCUT2D eigenvalue weighted by Gasteiger charge is 2.17. The molecular weight excluding hydrogens is 386 g/mol. The molecule has 9 heteroatoms. The Labute approximate surface area is 164 Å². The quantitative estimate of drug-likeness (QED) is 0.512. The number of hydrogen-bond acceptors (Lipinski definition) is 6. The first-order valence-corrected chi connectivity index (χ1v) is 9.56. The van der Waals surface area contributed by atoms with E-state index in [9.17, 15) is 4.79 Å². The zero-order valence-corrected chi connectivity index (χ0v) is 16.7. The Morgan fingerprint density at radius 2 is 2.07 bits per heavy atom. The molecule has 4 rings (SSSR count). The Morgan fingerprint density at radius 3 is 2.85 bits per heavy atom. The average Bonchev–Trinajstić information content (AvgIpc) is 3.27. The Kier molecular flexibility index (Phi) is 4.63. The lowest BCUT2D eigenvalue weighted by Crippen LogP contribution is -2.22. The fourth-order valence-corrected chi connectivity index (χ4v) is 4.26. The van der Waals surface area contributed by atoms with E-state index in [0.29, 0.717) is 28.6 Å². The average molecular weight is 404 g/mol. The molecular formula is C18H18ClN5O2S. The van der Waals surface area contributed by atoms with Crippen LogP contribution in [0.5, 0.6) is 5.75 Å². The summed E-state index contributed by atoms with van der Waals surface area (Å²) in [5, 5.41) is 11.1. The highest BCUT2D eigenvalue weighted by Crippen LogP contribution is 2.25. The third kappa shape index (κ3) is 3.09. The van der Waals surface area contributed by atoms with Crippen molar-refractivity contribution in [3.05, 3.63) is 56.4 Å². The standard InChI is InChI=1S/C18H18ClN5O2S/c1-22(9-11-8-12(19)4-5-14(11)26-3)10-15-20-21-18-23(2)17(25)16-13(24(15)18)6-7-27-16/h4-8H,9-10H2,1-3H3. The van der Waals surface area contributed by atoms with Crippen LogP contribution in [0.3, 0.4) is 0 Å². The van der Waals surface area contributed by atoms with E-state index in [4.69, 9.17) is 16.3 Å². The number of hydrogen-bond donors (Lipinski definition) is 0. The number of fused-ring (bicyclic) bond motifs is 3. The van der Waals surface area contributed by atoms with Gasteiger partial charge in [-0.1, -0.05) is 11.6 Å². The molecule has 0 aliphatic heterocycles. The number of aryl methyl sites for hydroxylation is 1. The summed E-state index contributed by atoms with van der Waals surface area (Å²) in [6, 6.07) is 7.51. The molecule has 0 aliphatic rings. The van der Waals surface area contributed by atoms with Crippen LogP contribution in [0.25, 0.3) is 16.0 Å². The molecule has 0 bridgehead atoms. The van der Waals surface area contributed by atoms with Gasteiger partial charge in [-0.3, -0.25) is 18.7 Å². The number of benzene rings is 1. The van der Waals surface area contributed by atoms with Crippen LogP contribution in [0.4, 0.5) is 0 Å². The minimum atomic E-state index is -0.0523. The van der Waals surface area contributed by atoms with Gasteiger partial charge in [0.15, 0.2) is 5.82 Å². The van der Waals surface area contributed by atoms with E-state index >= 15 is 0 Å². The number of methoxy groups -OCH3 is 1. The van der Waals surface area contributed by atoms with Gasteiger partial charge in [-0.05, 0) is 36.7 Å². The molecule has 0 spiro atoms. The van der Waals surface area contributed by atoms with Crippen LogP contribution in [0.15, 0.2) is 34.4 Å². The predicted octanol–water partition coefficient (Wildman–Crippen LogP) is 2.94. The van der Waals surface area contributed by atoms with Crippen molar-refractivity contribution in [2.45, 2.75) is 13.1 Å². The number of nitrogens with zero attached hydrogens (tertiary/aromatic N) is 5. The minimum Gasteiger partial charge on any atom is -0.496 e. The van der Waals surface area contributed by atoms with Gasteiger partial charge in [0.25, 0.3) is 5.56 Å². The summed E-state index contributed by atoms with van der Waals surface area (Å²) in [6.07, 6.45) is 0. The van der Waals surface area contributed by atoms with Crippen LogP contribution < -0.4 is 10.3 Å². The van der Waals surface area contributed by atoms with Gasteiger partial charge < -0.3 is 4.74 Å². The maximum absolute atomic E-state index is 12.4. The summed E-state index contributed by atoms with van der Waals surface area (Å²) in [5.74, 6) is 2.10. The number of rotatable bonds is 5. The summed E-state index contributed by atoms with van der Waals surface area (Å²) in [5.41, 5.74) is 1.78. The van der Waals surface area contributed by atoms with Gasteiger partial charge in [0, 0.05) is 24.2 Å². The molecule has 0 atom stereocenters. The number of halogens is 1. The number of thiophene rings is 1. The first-order chi connectivity index (χ1) is 13.0. The van der Waals surface area contributed by atoms with E-state index in [1.165, 1.54) is 15.9 Å². The van der Waals surface area contributed by atoms with Crippen LogP contribution in [0.2, 0.25) is 5.02 Å². The summed E-state index contributed by atoms with van der Waals surface area (Å²) >= 11 is 7.56. The molecule has 140 valence electrons. The van der Waals surface area contributed by atoms with Crippen molar-refractivity contribution in [2.75, 3.05) is 14.2 Å². The van der Waals surface area contributed by atoms with Crippen molar-refractivity contribution >= 4 is 38.9 Å². The largest absolute Gasteiger partial charge is 0.496 e. The maximum atomic E-state index is 12.4. The molecule has 0 unspecified atom stereocenters. The van der Waals surface area contributed by atoms with E-state index in [1.54, 1.807) is 14.2 Å². The van der Waals surface area contributed by atoms with Gasteiger partial charge in [0.2, 0.25) is 5.78 Å². The lowest BCUT2D eigenvalue weighted by Gasteiger charge is -2.18. The number of aromatic nitrogens is 4. The topological polar surface area (TPSA) is 64.7 Å². The van der Waals surface area contributed by atoms with Crippen LogP contribution in [0, 0.1) is 0 Å². The Bertz CT molecular complexity index is 1200. The Balaban J connectivity index is 1.70. The Morgan fingerprint density at radius 1 is 1.26 bits per heavy atom. The second kappa shape index (κ2) is 6.95. The summed E-state index contributed by atoms with van der Waals surface area (Å²) in [4.78, 5) is 14.5. The van der Waals surface area contributed by atoms with Crippen molar-refractivity contribution in [1.29, 1.82) is 0 Å². The van der Waals surface area contributed by atoms with E-state index in [0.717, 1.165) is 22.7 Å². The summed E-state index contributed by atoms with van der Waals surface area (Å²) in [7, 11) is 5.36. The van der Waals surface area contributed by atoms with Crippen molar-refractivity contribution < 1.29 is 4.74 Å². The van der Waals surface area contributed by atoms with E-state index in [-0.39, 0.29) is 5.56 Å². The monoisotopic (exact) mass is 403 g/mol. The van der Waals surface area contributed by atoms with Gasteiger partial charge in [-0.15, -0.1) is 21.5 Å². The normalized spacial score (nSPS) is 11.7. The number of ether oxygens (including phenoxy) is 1. The predicted molar refractivity (Wildman–Crippen MR) is 107 cm³/mol. The van der Waals surface area contributed by atoms with Crippen LogP contribution in [0.1, 0.15) is 11.4 Å². The van der Waals surface area contributed by atoms with Crippen LogP contribution in [-0.2, 0) is 20.1 Å². The Hall–Kier alpha value is -2.42. The van der Waals surface area contributed by atoms with E-state index < -0.39 is 0 Å². The lowest BCUT2D eigenvalue weighted by molar-refractivity contribution is 0.302. The molecule has 0 amide bonds. The molecule has 0 fully saturated rings. The molecule has 3 heterocycles. The molecule has 4 aromatic rings. The zero-order chi connectivity index (χ0) is 19.1. The van der Waals surface area contributed by atoms with Crippen LogP contribution >= 0.6 is 22.9 Å². The molecule has 0 saturated carbocycles. The first-order valence-electron chi connectivity index (χ1n) is 8.30. The van der Waals surface area contributed by atoms with Crippen molar-refractivity contribution in [3.63, 3.8) is 0 Å². The maximum Gasteiger partial charge on any atom is 0.272 e. The summed E-state index contributed by atoms with van der Waals surface area (Å²) in [6.45, 7) is 1.19. The van der Waals surface area contributed by atoms with Gasteiger partial charge in [0.05, 0.1) is 19.2 Å². The second-order valence-electron chi connectivity index (χ2n) is 6.38. The zero-order valence-electron chi connectivity index (χ0n) is 15.1.